The minimum Gasteiger partial charge on any atom is -1.00 e. The van der Waals surface area contributed by atoms with Gasteiger partial charge in [-0.15, -0.1) is 0 Å². The van der Waals surface area contributed by atoms with E-state index in [1.807, 2.05) is 0 Å². The van der Waals surface area contributed by atoms with Gasteiger partial charge >= 0.3 is 0 Å². The fourth-order valence-corrected chi connectivity index (χ4v) is 1.05. The van der Waals surface area contributed by atoms with Gasteiger partial charge in [0.2, 0.25) is 5.78 Å². The van der Waals surface area contributed by atoms with Gasteiger partial charge in [-0.05, 0) is 0 Å². The van der Waals surface area contributed by atoms with Crippen molar-refractivity contribution in [1.29, 1.82) is 0 Å². The van der Waals surface area contributed by atoms with Gasteiger partial charge in [-0.2, -0.15) is 0 Å². The average molecular weight is 220 g/mol. The molecule has 0 saturated heterocycles. The molecule has 0 bridgehead atoms. The Kier molecular flexibility index (Phi) is 4.26. The number of hydrogen-bond acceptors (Lipinski definition) is 3. The molecule has 7 heteroatoms. The molecule has 0 amide bonds. The van der Waals surface area contributed by atoms with Crippen LogP contribution in [0.3, 0.4) is 0 Å². The highest BCUT2D eigenvalue weighted by Crippen LogP contribution is 2.14. The number of carbonyl (C=O) groups excluding carboxylic acids is 1. The lowest BCUT2D eigenvalue weighted by molar-refractivity contribution is -0.384. The smallest absolute Gasteiger partial charge is 0.287 e. The summed E-state index contributed by atoms with van der Waals surface area (Å²) in [5.74, 6) is -0.199. The third kappa shape index (κ3) is 2.30. The number of hydrogen-bond donors (Lipinski definition) is 1. The summed E-state index contributed by atoms with van der Waals surface area (Å²) in [6.07, 6.45) is 1.31. The van der Waals surface area contributed by atoms with E-state index in [0.29, 0.717) is 5.69 Å². The van der Waals surface area contributed by atoms with Gasteiger partial charge in [-0.1, -0.05) is 0 Å². The molecule has 1 heterocycles. The molecule has 0 spiro atoms. The van der Waals surface area contributed by atoms with Crippen LogP contribution in [0.15, 0.2) is 12.3 Å². The molecule has 1 rings (SSSR count). The first-order valence-electron chi connectivity index (χ1n) is 3.69. The third-order valence-corrected chi connectivity index (χ3v) is 1.71. The first-order chi connectivity index (χ1) is 6.06. The number of aromatic nitrogens is 1. The Hall–Kier alpha value is -1.40. The van der Waals surface area contributed by atoms with Crippen LogP contribution in [0, 0.1) is 10.1 Å². The Morgan fingerprint density at radius 3 is 2.64 bits per heavy atom. The molecule has 0 aromatic carbocycles. The molecule has 1 aromatic rings. The largest absolute Gasteiger partial charge is 1.00 e. The Morgan fingerprint density at radius 2 is 2.29 bits per heavy atom. The fourth-order valence-electron chi connectivity index (χ4n) is 1.05. The van der Waals surface area contributed by atoms with Crippen molar-refractivity contribution in [2.24, 2.45) is 7.05 Å². The van der Waals surface area contributed by atoms with Crippen LogP contribution in [0.1, 0.15) is 10.5 Å². The van der Waals surface area contributed by atoms with Crippen molar-refractivity contribution < 1.29 is 27.9 Å². The Labute approximate surface area is 86.3 Å². The van der Waals surface area contributed by atoms with E-state index in [-0.39, 0.29) is 30.4 Å². The number of nitrogens with zero attached hydrogens (tertiary/aromatic N) is 2. The van der Waals surface area contributed by atoms with Crippen molar-refractivity contribution in [3.8, 4) is 0 Å². The lowest BCUT2D eigenvalue weighted by Crippen LogP contribution is -3.00. The van der Waals surface area contributed by atoms with Crippen molar-refractivity contribution in [2.75, 3.05) is 6.54 Å². The number of rotatable bonds is 3. The van der Waals surface area contributed by atoms with Crippen molar-refractivity contribution in [3.63, 3.8) is 0 Å². The van der Waals surface area contributed by atoms with Crippen LogP contribution in [-0.4, -0.2) is 21.8 Å². The molecule has 0 atom stereocenters. The summed E-state index contributed by atoms with van der Waals surface area (Å²) >= 11 is 0. The lowest BCUT2D eigenvalue weighted by atomic mass is 10.3. The topological polar surface area (TPSA) is 92.8 Å². The number of quaternary nitrogens is 1. The summed E-state index contributed by atoms with van der Waals surface area (Å²) < 4.78 is 1.44. The van der Waals surface area contributed by atoms with Crippen LogP contribution in [-0.2, 0) is 7.05 Å². The average Bonchev–Trinajstić information content (AvgIpc) is 2.46. The molecule has 0 aliphatic rings. The van der Waals surface area contributed by atoms with Gasteiger partial charge in [-0.3, -0.25) is 14.9 Å². The van der Waals surface area contributed by atoms with E-state index in [9.17, 15) is 14.9 Å². The summed E-state index contributed by atoms with van der Waals surface area (Å²) in [5, 5.41) is 10.3. The number of aryl methyl sites for hydroxylation is 1. The highest BCUT2D eigenvalue weighted by Gasteiger charge is 2.16. The van der Waals surface area contributed by atoms with Gasteiger partial charge in [-0.25, -0.2) is 0 Å². The second-order valence-electron chi connectivity index (χ2n) is 2.62. The highest BCUT2D eigenvalue weighted by atomic mass is 35.5. The van der Waals surface area contributed by atoms with E-state index in [4.69, 9.17) is 0 Å². The molecule has 0 radical (unpaired) electrons. The Balaban J connectivity index is 0.00000169. The van der Waals surface area contributed by atoms with Gasteiger partial charge in [0.15, 0.2) is 0 Å². The molecule has 0 unspecified atom stereocenters. The molecular weight excluding hydrogens is 210 g/mol. The van der Waals surface area contributed by atoms with Crippen molar-refractivity contribution >= 4 is 11.5 Å². The molecule has 0 fully saturated rings. The number of carbonyl (C=O) groups is 1. The van der Waals surface area contributed by atoms with E-state index >= 15 is 0 Å². The maximum Gasteiger partial charge on any atom is 0.287 e. The van der Waals surface area contributed by atoms with Gasteiger partial charge in [0.1, 0.15) is 6.54 Å². The summed E-state index contributed by atoms with van der Waals surface area (Å²) in [7, 11) is 1.59. The maximum absolute atomic E-state index is 11.2. The SMILES string of the molecule is Cn1cc([N+](=O)[O-])cc1C(=O)C[NH3+].[Cl-]. The van der Waals surface area contributed by atoms with E-state index in [1.54, 1.807) is 7.05 Å². The highest BCUT2D eigenvalue weighted by molar-refractivity contribution is 5.96. The zero-order chi connectivity index (χ0) is 10.0. The number of nitro groups is 1. The quantitative estimate of drug-likeness (QED) is 0.323. The van der Waals surface area contributed by atoms with Crippen LogP contribution in [0.4, 0.5) is 5.69 Å². The van der Waals surface area contributed by atoms with Gasteiger partial charge < -0.3 is 22.7 Å². The normalized spacial score (nSPS) is 9.29. The maximum atomic E-state index is 11.2. The van der Waals surface area contributed by atoms with Gasteiger partial charge in [0, 0.05) is 13.1 Å². The summed E-state index contributed by atoms with van der Waals surface area (Å²) in [6, 6.07) is 1.26. The Bertz CT molecular complexity index is 361. The van der Waals surface area contributed by atoms with Crippen LogP contribution in [0.2, 0.25) is 0 Å². The number of halogens is 1. The molecule has 78 valence electrons. The van der Waals surface area contributed by atoms with Crippen molar-refractivity contribution in [2.45, 2.75) is 0 Å². The zero-order valence-electron chi connectivity index (χ0n) is 7.57. The summed E-state index contributed by atoms with van der Waals surface area (Å²) in [4.78, 5) is 21.0. The van der Waals surface area contributed by atoms with E-state index in [0.717, 1.165) is 0 Å². The summed E-state index contributed by atoms with van der Waals surface area (Å²) in [6.45, 7) is 0.106. The van der Waals surface area contributed by atoms with Crippen LogP contribution in [0.5, 0.6) is 0 Å². The monoisotopic (exact) mass is 219 g/mol. The number of Topliss-reactive ketones (excluding diaryl/α,β-unsaturated/α-hetero) is 1. The lowest BCUT2D eigenvalue weighted by Gasteiger charge is -1.95. The third-order valence-electron chi connectivity index (χ3n) is 1.71. The molecule has 6 nitrogen and oxygen atoms in total. The first kappa shape index (κ1) is 12.6. The second-order valence-corrected chi connectivity index (χ2v) is 2.62. The molecule has 14 heavy (non-hydrogen) atoms. The molecule has 0 aliphatic heterocycles. The van der Waals surface area contributed by atoms with Crippen LogP contribution >= 0.6 is 0 Å². The molecule has 1 aromatic heterocycles. The van der Waals surface area contributed by atoms with Gasteiger partial charge in [0.05, 0.1) is 16.8 Å². The van der Waals surface area contributed by atoms with Crippen molar-refractivity contribution in [1.82, 2.24) is 4.57 Å². The van der Waals surface area contributed by atoms with Gasteiger partial charge in [0.25, 0.3) is 5.69 Å². The predicted molar refractivity (Wildman–Crippen MR) is 44.2 cm³/mol. The van der Waals surface area contributed by atoms with Crippen LogP contribution in [0.25, 0.3) is 0 Å². The summed E-state index contributed by atoms with van der Waals surface area (Å²) in [5.41, 5.74) is 3.68. The minimum absolute atomic E-state index is 0. The Morgan fingerprint density at radius 1 is 1.71 bits per heavy atom. The molecular formula is C7H10ClN3O3. The molecule has 3 N–H and O–H groups in total. The predicted octanol–water partition coefficient (Wildman–Crippen LogP) is -3.64. The van der Waals surface area contributed by atoms with E-state index < -0.39 is 4.92 Å². The fraction of sp³-hybridized carbons (Fsp3) is 0.286. The van der Waals surface area contributed by atoms with E-state index in [1.165, 1.54) is 16.8 Å². The van der Waals surface area contributed by atoms with Crippen molar-refractivity contribution in [3.05, 3.63) is 28.1 Å². The van der Waals surface area contributed by atoms with Crippen LogP contribution < -0.4 is 18.1 Å². The molecule has 0 saturated carbocycles. The number of ketones is 1. The zero-order valence-corrected chi connectivity index (χ0v) is 8.32. The second kappa shape index (κ2) is 4.73. The first-order valence-corrected chi connectivity index (χ1v) is 3.69. The molecule has 0 aliphatic carbocycles. The van der Waals surface area contributed by atoms with E-state index in [2.05, 4.69) is 5.73 Å². The minimum atomic E-state index is -0.528. The standard InChI is InChI=1S/C7H9N3O3.ClH/c1-9-4-5(10(12)13)2-6(9)7(11)3-8;/h2,4H,3,8H2,1H3;1H.